The first-order valence-electron chi connectivity index (χ1n) is 8.46. The number of carbonyl (C=O) groups is 2. The topological polar surface area (TPSA) is 87.1 Å². The molecule has 2 fully saturated rings. The van der Waals surface area contributed by atoms with Crippen molar-refractivity contribution in [2.45, 2.75) is 36.7 Å². The van der Waals surface area contributed by atoms with Gasteiger partial charge in [0.25, 0.3) is 0 Å². The highest BCUT2D eigenvalue weighted by molar-refractivity contribution is 5.89. The minimum absolute atomic E-state index is 0.0101. The summed E-state index contributed by atoms with van der Waals surface area (Å²) in [5, 5.41) is 19.2. The Morgan fingerprint density at radius 1 is 1.12 bits per heavy atom. The summed E-state index contributed by atoms with van der Waals surface area (Å²) in [6.07, 6.45) is 0.886. The summed E-state index contributed by atoms with van der Waals surface area (Å²) < 4.78 is 19.1. The summed E-state index contributed by atoms with van der Waals surface area (Å²) in [5.74, 6) is -1.80. The van der Waals surface area contributed by atoms with Crippen LogP contribution < -0.4 is 0 Å². The van der Waals surface area contributed by atoms with Crippen molar-refractivity contribution < 1.29 is 28.9 Å². The van der Waals surface area contributed by atoms with Gasteiger partial charge in [-0.1, -0.05) is 12.1 Å². The molecule has 25 heavy (non-hydrogen) atoms. The second kappa shape index (κ2) is 6.72. The average Bonchev–Trinajstić information content (AvgIpc) is 2.62. The minimum Gasteiger partial charge on any atom is -0.479 e. The van der Waals surface area contributed by atoms with Gasteiger partial charge in [-0.05, 0) is 30.5 Å². The smallest absolute Gasteiger partial charge is 0.335 e. The van der Waals surface area contributed by atoms with Crippen LogP contribution in [0.3, 0.4) is 0 Å². The monoisotopic (exact) mass is 351 g/mol. The zero-order chi connectivity index (χ0) is 18.1. The fraction of sp³-hybridized carbons (Fsp3) is 0.556. The van der Waals surface area contributed by atoms with Crippen molar-refractivity contribution in [1.29, 1.82) is 0 Å². The summed E-state index contributed by atoms with van der Waals surface area (Å²) in [4.78, 5) is 26.0. The molecule has 2 saturated heterocycles. The lowest BCUT2D eigenvalue weighted by Crippen LogP contribution is -2.56. The van der Waals surface area contributed by atoms with E-state index in [4.69, 9.17) is 9.84 Å². The van der Waals surface area contributed by atoms with E-state index in [-0.39, 0.29) is 31.8 Å². The van der Waals surface area contributed by atoms with E-state index in [0.717, 1.165) is 0 Å². The average molecular weight is 351 g/mol. The van der Waals surface area contributed by atoms with Crippen LogP contribution in [0, 0.1) is 5.82 Å². The molecule has 3 rings (SSSR count). The van der Waals surface area contributed by atoms with Crippen LogP contribution in [-0.2, 0) is 19.7 Å². The van der Waals surface area contributed by atoms with E-state index in [1.807, 2.05) is 0 Å². The molecule has 136 valence electrons. The van der Waals surface area contributed by atoms with E-state index >= 15 is 0 Å². The fourth-order valence-electron chi connectivity index (χ4n) is 3.73. The Bertz CT molecular complexity index is 663. The highest BCUT2D eigenvalue weighted by atomic mass is 19.1. The zero-order valence-corrected chi connectivity index (χ0v) is 13.9. The van der Waals surface area contributed by atoms with Gasteiger partial charge < -0.3 is 19.8 Å². The Labute approximate surface area is 145 Å². The molecule has 0 radical (unpaired) electrons. The number of amides is 1. The maximum absolute atomic E-state index is 13.7. The molecule has 0 saturated carbocycles. The van der Waals surface area contributed by atoms with E-state index < -0.39 is 22.8 Å². The lowest BCUT2D eigenvalue weighted by Gasteiger charge is -2.43. The first kappa shape index (κ1) is 17.8. The number of carbonyl (C=O) groups excluding carboxylic acids is 1. The van der Waals surface area contributed by atoms with Gasteiger partial charge in [0.05, 0.1) is 5.41 Å². The molecule has 1 amide bonds. The van der Waals surface area contributed by atoms with E-state index in [1.54, 1.807) is 17.0 Å². The summed E-state index contributed by atoms with van der Waals surface area (Å²) in [6, 6.07) is 6.08. The number of aliphatic carboxylic acids is 1. The van der Waals surface area contributed by atoms with Crippen molar-refractivity contribution in [1.82, 2.24) is 4.90 Å². The van der Waals surface area contributed by atoms with Gasteiger partial charge in [-0.3, -0.25) is 4.79 Å². The molecule has 2 heterocycles. The molecule has 2 aliphatic rings. The molecule has 0 spiro atoms. The number of ether oxygens (including phenoxy) is 1. The predicted octanol–water partition coefficient (Wildman–Crippen LogP) is 1.31. The number of aliphatic hydroxyl groups is 1. The van der Waals surface area contributed by atoms with Crippen LogP contribution in [0.2, 0.25) is 0 Å². The Hall–Kier alpha value is -1.99. The first-order valence-corrected chi connectivity index (χ1v) is 8.46. The van der Waals surface area contributed by atoms with Gasteiger partial charge >= 0.3 is 5.97 Å². The van der Waals surface area contributed by atoms with Gasteiger partial charge in [0, 0.05) is 39.1 Å². The molecule has 7 heteroatoms. The highest BCUT2D eigenvalue weighted by Gasteiger charge is 2.47. The molecule has 1 aromatic rings. The van der Waals surface area contributed by atoms with Crippen molar-refractivity contribution in [2.24, 2.45) is 0 Å². The summed E-state index contributed by atoms with van der Waals surface area (Å²) in [7, 11) is 0. The van der Waals surface area contributed by atoms with Gasteiger partial charge in [0.1, 0.15) is 5.82 Å². The molecule has 2 N–H and O–H groups in total. The van der Waals surface area contributed by atoms with Gasteiger partial charge in [0.2, 0.25) is 5.91 Å². The molecule has 0 aliphatic carbocycles. The van der Waals surface area contributed by atoms with Gasteiger partial charge in [-0.2, -0.15) is 0 Å². The van der Waals surface area contributed by atoms with Crippen LogP contribution in [0.25, 0.3) is 0 Å². The standard InChI is InChI=1S/C18H22FNO5/c19-14-3-1-2-13(12-14)17(6-10-25-11-7-17)15(21)20-8-4-18(24,5-9-20)16(22)23/h1-3,12,24H,4-11H2,(H,22,23). The van der Waals surface area contributed by atoms with Crippen molar-refractivity contribution in [2.75, 3.05) is 26.3 Å². The van der Waals surface area contributed by atoms with Crippen molar-refractivity contribution >= 4 is 11.9 Å². The SMILES string of the molecule is O=C(O)C1(O)CCN(C(=O)C2(c3cccc(F)c3)CCOCC2)CC1. The maximum atomic E-state index is 13.7. The quantitative estimate of drug-likeness (QED) is 0.857. The molecular formula is C18H22FNO5. The lowest BCUT2D eigenvalue weighted by atomic mass is 9.72. The van der Waals surface area contributed by atoms with E-state index in [2.05, 4.69) is 0 Å². The molecular weight excluding hydrogens is 329 g/mol. The Morgan fingerprint density at radius 3 is 2.32 bits per heavy atom. The van der Waals surface area contributed by atoms with Crippen molar-refractivity contribution in [3.05, 3.63) is 35.6 Å². The molecule has 0 unspecified atom stereocenters. The molecule has 0 atom stereocenters. The third-order valence-corrected chi connectivity index (χ3v) is 5.41. The van der Waals surface area contributed by atoms with E-state index in [9.17, 15) is 19.1 Å². The Kier molecular flexibility index (Phi) is 4.79. The summed E-state index contributed by atoms with van der Waals surface area (Å²) in [6.45, 7) is 1.16. The highest BCUT2D eigenvalue weighted by Crippen LogP contribution is 2.38. The molecule has 0 aromatic heterocycles. The normalized spacial score (nSPS) is 22.4. The number of carboxylic acids is 1. The summed E-state index contributed by atoms with van der Waals surface area (Å²) in [5.41, 5.74) is -2.02. The van der Waals surface area contributed by atoms with E-state index in [0.29, 0.717) is 31.6 Å². The second-order valence-corrected chi connectivity index (χ2v) is 6.83. The lowest BCUT2D eigenvalue weighted by molar-refractivity contribution is -0.166. The third-order valence-electron chi connectivity index (χ3n) is 5.41. The largest absolute Gasteiger partial charge is 0.479 e. The maximum Gasteiger partial charge on any atom is 0.335 e. The van der Waals surface area contributed by atoms with Gasteiger partial charge in [0.15, 0.2) is 5.60 Å². The number of carboxylic acid groups (broad SMARTS) is 1. The first-order chi connectivity index (χ1) is 11.9. The predicted molar refractivity (Wildman–Crippen MR) is 86.5 cm³/mol. The number of halogens is 1. The van der Waals surface area contributed by atoms with Crippen molar-refractivity contribution in [3.63, 3.8) is 0 Å². The number of nitrogens with zero attached hydrogens (tertiary/aromatic N) is 1. The number of hydrogen-bond acceptors (Lipinski definition) is 4. The summed E-state index contributed by atoms with van der Waals surface area (Å²) >= 11 is 0. The number of rotatable bonds is 3. The van der Waals surface area contributed by atoms with Crippen LogP contribution in [0.15, 0.2) is 24.3 Å². The van der Waals surface area contributed by atoms with Crippen LogP contribution in [0.1, 0.15) is 31.2 Å². The Balaban J connectivity index is 1.85. The van der Waals surface area contributed by atoms with E-state index in [1.165, 1.54) is 12.1 Å². The molecule has 1 aromatic carbocycles. The van der Waals surface area contributed by atoms with Crippen molar-refractivity contribution in [3.8, 4) is 0 Å². The molecule has 0 bridgehead atoms. The third kappa shape index (κ3) is 3.26. The molecule has 6 nitrogen and oxygen atoms in total. The van der Waals surface area contributed by atoms with Gasteiger partial charge in [-0.15, -0.1) is 0 Å². The van der Waals surface area contributed by atoms with Gasteiger partial charge in [-0.25, -0.2) is 9.18 Å². The second-order valence-electron chi connectivity index (χ2n) is 6.83. The van der Waals surface area contributed by atoms with Crippen LogP contribution in [0.4, 0.5) is 4.39 Å². The zero-order valence-electron chi connectivity index (χ0n) is 13.9. The number of piperidine rings is 1. The van der Waals surface area contributed by atoms with Crippen LogP contribution in [0.5, 0.6) is 0 Å². The minimum atomic E-state index is -1.78. The van der Waals surface area contributed by atoms with Crippen LogP contribution >= 0.6 is 0 Å². The fourth-order valence-corrected chi connectivity index (χ4v) is 3.73. The van der Waals surface area contributed by atoms with Crippen LogP contribution in [-0.4, -0.2) is 58.9 Å². The number of benzene rings is 1. The molecule has 2 aliphatic heterocycles. The number of likely N-dealkylation sites (tertiary alicyclic amines) is 1. The number of hydrogen-bond donors (Lipinski definition) is 2. The Morgan fingerprint density at radius 2 is 1.76 bits per heavy atom.